The van der Waals surface area contributed by atoms with E-state index in [1.165, 1.54) is 7.11 Å². The molecule has 2 amide bonds. The Balaban J connectivity index is 1.33. The molecule has 2 atom stereocenters. The molecule has 9 heteroatoms. The number of anilines is 1. The first-order valence-corrected chi connectivity index (χ1v) is 10.7. The van der Waals surface area contributed by atoms with E-state index in [0.29, 0.717) is 18.7 Å². The van der Waals surface area contributed by atoms with Crippen molar-refractivity contribution in [2.45, 2.75) is 37.8 Å². The summed E-state index contributed by atoms with van der Waals surface area (Å²) in [6.45, 7) is 0. The van der Waals surface area contributed by atoms with E-state index in [-0.39, 0.29) is 17.8 Å². The normalized spacial score (nSPS) is 19.8. The molecule has 0 spiro atoms. The number of ether oxygens (including phenoxy) is 1. The zero-order valence-corrected chi connectivity index (χ0v) is 18.0. The van der Waals surface area contributed by atoms with E-state index in [1.807, 2.05) is 22.9 Å². The van der Waals surface area contributed by atoms with Gasteiger partial charge in [-0.15, -0.1) is 5.10 Å². The van der Waals surface area contributed by atoms with Crippen molar-refractivity contribution in [2.24, 2.45) is 0 Å². The minimum absolute atomic E-state index is 0.0721. The molecule has 4 heterocycles. The number of benzene rings is 1. The van der Waals surface area contributed by atoms with Crippen LogP contribution in [-0.2, 0) is 17.6 Å². The summed E-state index contributed by atoms with van der Waals surface area (Å²) in [5, 5.41) is 7.33. The van der Waals surface area contributed by atoms with Gasteiger partial charge in [-0.05, 0) is 30.4 Å². The number of amides is 2. The molecule has 1 N–H and O–H groups in total. The van der Waals surface area contributed by atoms with Crippen LogP contribution in [0.4, 0.5) is 5.69 Å². The molecule has 164 valence electrons. The van der Waals surface area contributed by atoms with Crippen LogP contribution in [0.3, 0.4) is 0 Å². The standard InChI is InChI=1S/C23H24N6O3/c1-28-18-12-20(32-2)24-13-15(18)8-9-16(23(28)31)25-22(30)21-26-19-11-10-17(29(19)27-21)14-6-4-3-5-7-14/h3-7,12-13,16-17H,8-11H2,1-2H3,(H,25,30)/t16-,17-/m0/s1. The number of carbonyl (C=O) groups excluding carboxylic acids is 2. The molecule has 0 fully saturated rings. The quantitative estimate of drug-likeness (QED) is 0.676. The maximum Gasteiger partial charge on any atom is 0.291 e. The third kappa shape index (κ3) is 3.49. The van der Waals surface area contributed by atoms with Gasteiger partial charge in [-0.3, -0.25) is 9.59 Å². The number of aromatic nitrogens is 4. The second-order valence-electron chi connectivity index (χ2n) is 8.08. The van der Waals surface area contributed by atoms with E-state index >= 15 is 0 Å². The molecule has 2 aliphatic rings. The lowest BCUT2D eigenvalue weighted by Gasteiger charge is -2.21. The maximum absolute atomic E-state index is 13.1. The predicted molar refractivity (Wildman–Crippen MR) is 117 cm³/mol. The van der Waals surface area contributed by atoms with E-state index < -0.39 is 11.9 Å². The Labute approximate surface area is 185 Å². The van der Waals surface area contributed by atoms with Crippen molar-refractivity contribution in [1.29, 1.82) is 0 Å². The van der Waals surface area contributed by atoms with Gasteiger partial charge in [-0.2, -0.15) is 0 Å². The Bertz CT molecular complexity index is 1180. The number of methoxy groups -OCH3 is 1. The van der Waals surface area contributed by atoms with Crippen LogP contribution >= 0.6 is 0 Å². The SMILES string of the molecule is COc1cc2c(cn1)CC[C@H](NC(=O)c1nc3n(n1)[C@H](c1ccccc1)CC3)C(=O)N2C. The summed E-state index contributed by atoms with van der Waals surface area (Å²) in [4.78, 5) is 36.2. The first kappa shape index (κ1) is 20.2. The highest BCUT2D eigenvalue weighted by Crippen LogP contribution is 2.31. The van der Waals surface area contributed by atoms with E-state index in [0.717, 1.165) is 35.5 Å². The van der Waals surface area contributed by atoms with Gasteiger partial charge in [0.1, 0.15) is 11.9 Å². The molecule has 0 radical (unpaired) electrons. The zero-order valence-electron chi connectivity index (χ0n) is 18.0. The molecule has 0 unspecified atom stereocenters. The predicted octanol–water partition coefficient (Wildman–Crippen LogP) is 1.92. The molecule has 0 saturated heterocycles. The van der Waals surface area contributed by atoms with E-state index in [9.17, 15) is 9.59 Å². The van der Waals surface area contributed by atoms with Crippen molar-refractivity contribution in [3.63, 3.8) is 0 Å². The number of nitrogens with zero attached hydrogens (tertiary/aromatic N) is 5. The van der Waals surface area contributed by atoms with Crippen LogP contribution in [0.5, 0.6) is 5.88 Å². The average molecular weight is 432 g/mol. The summed E-state index contributed by atoms with van der Waals surface area (Å²) in [7, 11) is 3.23. The van der Waals surface area contributed by atoms with Crippen LogP contribution < -0.4 is 15.0 Å². The van der Waals surface area contributed by atoms with Crippen molar-refractivity contribution in [3.8, 4) is 5.88 Å². The number of hydrogen-bond donors (Lipinski definition) is 1. The summed E-state index contributed by atoms with van der Waals surface area (Å²) >= 11 is 0. The third-order valence-electron chi connectivity index (χ3n) is 6.17. The Kier molecular flexibility index (Phi) is 5.08. The minimum Gasteiger partial charge on any atom is -0.481 e. The fourth-order valence-electron chi connectivity index (χ4n) is 4.45. The van der Waals surface area contributed by atoms with Crippen molar-refractivity contribution < 1.29 is 14.3 Å². The highest BCUT2D eigenvalue weighted by Gasteiger charge is 2.33. The minimum atomic E-state index is -0.672. The number of likely N-dealkylation sites (N-methyl/N-ethyl adjacent to an activating group) is 1. The molecule has 0 saturated carbocycles. The average Bonchev–Trinajstić information content (AvgIpc) is 3.39. The molecule has 1 aromatic carbocycles. The van der Waals surface area contributed by atoms with Crippen LogP contribution in [0, 0.1) is 0 Å². The third-order valence-corrected chi connectivity index (χ3v) is 6.17. The summed E-state index contributed by atoms with van der Waals surface area (Å²) in [5.74, 6) is 0.696. The van der Waals surface area contributed by atoms with Gasteiger partial charge in [-0.1, -0.05) is 30.3 Å². The van der Waals surface area contributed by atoms with Gasteiger partial charge in [0, 0.05) is 25.7 Å². The number of carbonyl (C=O) groups is 2. The number of pyridine rings is 1. The molecule has 3 aromatic rings. The summed E-state index contributed by atoms with van der Waals surface area (Å²) < 4.78 is 7.02. The van der Waals surface area contributed by atoms with Crippen LogP contribution in [0.1, 0.15) is 46.5 Å². The van der Waals surface area contributed by atoms with Gasteiger partial charge in [0.25, 0.3) is 5.91 Å². The lowest BCUT2D eigenvalue weighted by atomic mass is 10.1. The molecule has 0 aliphatic carbocycles. The van der Waals surface area contributed by atoms with E-state index in [4.69, 9.17) is 4.74 Å². The lowest BCUT2D eigenvalue weighted by molar-refractivity contribution is -0.120. The molecule has 0 bridgehead atoms. The van der Waals surface area contributed by atoms with Gasteiger partial charge >= 0.3 is 0 Å². The number of rotatable bonds is 4. The van der Waals surface area contributed by atoms with Crippen molar-refractivity contribution in [2.75, 3.05) is 19.1 Å². The number of aryl methyl sites for hydroxylation is 2. The van der Waals surface area contributed by atoms with Crippen molar-refractivity contribution in [3.05, 3.63) is 65.4 Å². The molecule has 5 rings (SSSR count). The van der Waals surface area contributed by atoms with Crippen molar-refractivity contribution in [1.82, 2.24) is 25.1 Å². The lowest BCUT2D eigenvalue weighted by Crippen LogP contribution is -2.47. The zero-order chi connectivity index (χ0) is 22.2. The highest BCUT2D eigenvalue weighted by molar-refractivity contribution is 6.02. The Morgan fingerprint density at radius 1 is 1.19 bits per heavy atom. The second-order valence-corrected chi connectivity index (χ2v) is 8.08. The summed E-state index contributed by atoms with van der Waals surface area (Å²) in [6, 6.07) is 11.2. The fraction of sp³-hybridized carbons (Fsp3) is 0.348. The number of hydrogen-bond acceptors (Lipinski definition) is 6. The van der Waals surface area contributed by atoms with Crippen molar-refractivity contribution >= 4 is 17.5 Å². The molecule has 9 nitrogen and oxygen atoms in total. The fourth-order valence-corrected chi connectivity index (χ4v) is 4.45. The van der Waals surface area contributed by atoms with E-state index in [2.05, 4.69) is 32.5 Å². The van der Waals surface area contributed by atoms with Crippen LogP contribution in [-0.4, -0.2) is 51.8 Å². The highest BCUT2D eigenvalue weighted by atomic mass is 16.5. The van der Waals surface area contributed by atoms with Gasteiger partial charge in [0.15, 0.2) is 0 Å². The Morgan fingerprint density at radius 2 is 2.00 bits per heavy atom. The van der Waals surface area contributed by atoms with Crippen LogP contribution in [0.25, 0.3) is 0 Å². The molecule has 2 aromatic heterocycles. The number of nitrogens with one attached hydrogen (secondary N) is 1. The smallest absolute Gasteiger partial charge is 0.291 e. The second kappa shape index (κ2) is 8.07. The van der Waals surface area contributed by atoms with Gasteiger partial charge in [0.05, 0.1) is 18.8 Å². The monoisotopic (exact) mass is 432 g/mol. The first-order valence-electron chi connectivity index (χ1n) is 10.7. The van der Waals surface area contributed by atoms with Crippen LogP contribution in [0.15, 0.2) is 42.6 Å². The largest absolute Gasteiger partial charge is 0.481 e. The topological polar surface area (TPSA) is 102 Å². The van der Waals surface area contributed by atoms with Crippen LogP contribution in [0.2, 0.25) is 0 Å². The van der Waals surface area contributed by atoms with Gasteiger partial charge < -0.3 is 15.0 Å². The van der Waals surface area contributed by atoms with Gasteiger partial charge in [0.2, 0.25) is 17.6 Å². The molecular formula is C23H24N6O3. The Morgan fingerprint density at radius 3 is 2.78 bits per heavy atom. The van der Waals surface area contributed by atoms with Gasteiger partial charge in [-0.25, -0.2) is 14.6 Å². The molecule has 32 heavy (non-hydrogen) atoms. The first-order chi connectivity index (χ1) is 15.5. The molecule has 2 aliphatic heterocycles. The maximum atomic E-state index is 13.1. The summed E-state index contributed by atoms with van der Waals surface area (Å²) in [5.41, 5.74) is 2.82. The van der Waals surface area contributed by atoms with E-state index in [1.54, 1.807) is 24.2 Å². The summed E-state index contributed by atoms with van der Waals surface area (Å²) in [6.07, 6.45) is 4.46. The molecular weight excluding hydrogens is 408 g/mol. The number of fused-ring (bicyclic) bond motifs is 2. The Hall–Kier alpha value is -3.75.